The van der Waals surface area contributed by atoms with Crippen molar-refractivity contribution in [2.75, 3.05) is 20.3 Å². The molecule has 0 bridgehead atoms. The van der Waals surface area contributed by atoms with Gasteiger partial charge in [-0.2, -0.15) is 0 Å². The van der Waals surface area contributed by atoms with E-state index in [1.807, 2.05) is 20.8 Å². The van der Waals surface area contributed by atoms with E-state index in [9.17, 15) is 4.79 Å². The quantitative estimate of drug-likeness (QED) is 0.412. The van der Waals surface area contributed by atoms with Gasteiger partial charge in [-0.05, 0) is 19.3 Å². The minimum Gasteiger partial charge on any atom is -0.469 e. The van der Waals surface area contributed by atoms with Gasteiger partial charge in [0.15, 0.2) is 0 Å². The van der Waals surface area contributed by atoms with E-state index in [1.54, 1.807) is 0 Å². The minimum absolute atomic E-state index is 0.126. The topological polar surface area (TPSA) is 58.9 Å². The molecule has 0 aromatic heterocycles. The summed E-state index contributed by atoms with van der Waals surface area (Å²) < 4.78 is 4.73. The summed E-state index contributed by atoms with van der Waals surface area (Å²) in [5.41, 5.74) is 0.783. The van der Waals surface area contributed by atoms with E-state index in [-0.39, 0.29) is 24.4 Å². The lowest BCUT2D eigenvalue weighted by Crippen LogP contribution is -2.28. The van der Waals surface area contributed by atoms with Crippen LogP contribution in [0.3, 0.4) is 0 Å². The molecule has 0 aliphatic carbocycles. The van der Waals surface area contributed by atoms with Crippen LogP contribution in [-0.4, -0.2) is 37.0 Å². The van der Waals surface area contributed by atoms with Crippen molar-refractivity contribution in [3.8, 4) is 0 Å². The highest BCUT2D eigenvalue weighted by Crippen LogP contribution is 2.15. The van der Waals surface area contributed by atoms with E-state index in [0.29, 0.717) is 13.0 Å². The van der Waals surface area contributed by atoms with Gasteiger partial charge in [0, 0.05) is 18.9 Å². The summed E-state index contributed by atoms with van der Waals surface area (Å²) in [4.78, 5) is 15.7. The smallest absolute Gasteiger partial charge is 0.314 e. The van der Waals surface area contributed by atoms with E-state index in [1.165, 1.54) is 7.11 Å². The molecule has 0 amide bonds. The van der Waals surface area contributed by atoms with Gasteiger partial charge in [0.05, 0.1) is 13.0 Å². The highest BCUT2D eigenvalue weighted by Gasteiger charge is 2.25. The Morgan fingerprint density at radius 2 is 2.07 bits per heavy atom. The number of hydrogen-bond acceptors (Lipinski definition) is 4. The number of ether oxygens (including phenoxy) is 1. The first-order chi connectivity index (χ1) is 7.04. The Bertz CT molecular complexity index is 224. The number of hydrogen-bond donors (Lipinski definition) is 1. The Morgan fingerprint density at radius 3 is 2.47 bits per heavy atom. The Hall–Kier alpha value is -0.900. The van der Waals surface area contributed by atoms with Crippen LogP contribution in [-0.2, 0) is 9.53 Å². The molecule has 4 heteroatoms. The molecular weight excluding hydrogens is 194 g/mol. The number of nitrogens with zero attached hydrogens (tertiary/aromatic N) is 1. The molecule has 1 atom stereocenters. The number of esters is 1. The summed E-state index contributed by atoms with van der Waals surface area (Å²) in [7, 11) is 1.39. The number of methoxy groups -OCH3 is 1. The number of aliphatic hydroxyl groups is 1. The van der Waals surface area contributed by atoms with Gasteiger partial charge in [0.1, 0.15) is 0 Å². The molecule has 0 aliphatic rings. The number of aliphatic hydroxyl groups excluding tert-OH is 1. The summed E-state index contributed by atoms with van der Waals surface area (Å²) >= 11 is 0. The van der Waals surface area contributed by atoms with Crippen LogP contribution in [0.15, 0.2) is 4.99 Å². The fourth-order valence-electron chi connectivity index (χ4n) is 1.48. The average Bonchev–Trinajstić information content (AvgIpc) is 2.17. The van der Waals surface area contributed by atoms with E-state index in [4.69, 9.17) is 9.84 Å². The minimum atomic E-state index is -0.270. The molecule has 0 fully saturated rings. The van der Waals surface area contributed by atoms with Crippen LogP contribution in [0, 0.1) is 11.8 Å². The normalized spacial score (nSPS) is 14.1. The zero-order chi connectivity index (χ0) is 11.8. The molecule has 1 unspecified atom stereocenters. The predicted molar refractivity (Wildman–Crippen MR) is 60.0 cm³/mol. The van der Waals surface area contributed by atoms with Gasteiger partial charge in [-0.1, -0.05) is 13.8 Å². The standard InChI is InChI=1S/C11H21NO3/c1-8(2)10(11(14)15-4)9(3)12-6-5-7-13/h8,10,13H,5-7H2,1-4H3. The van der Waals surface area contributed by atoms with Gasteiger partial charge in [0.2, 0.25) is 0 Å². The molecule has 0 aromatic rings. The maximum atomic E-state index is 11.5. The van der Waals surface area contributed by atoms with Gasteiger partial charge >= 0.3 is 5.97 Å². The van der Waals surface area contributed by atoms with Gasteiger partial charge in [-0.3, -0.25) is 9.79 Å². The van der Waals surface area contributed by atoms with Crippen molar-refractivity contribution in [2.24, 2.45) is 16.8 Å². The summed E-state index contributed by atoms with van der Waals surface area (Å²) in [6.07, 6.45) is 0.628. The molecule has 0 saturated carbocycles. The highest BCUT2D eigenvalue weighted by molar-refractivity contribution is 6.01. The lowest BCUT2D eigenvalue weighted by molar-refractivity contribution is -0.144. The summed E-state index contributed by atoms with van der Waals surface area (Å²) in [6, 6.07) is 0. The first-order valence-electron chi connectivity index (χ1n) is 5.24. The maximum absolute atomic E-state index is 11.5. The van der Waals surface area contributed by atoms with Gasteiger partial charge < -0.3 is 9.84 Å². The third-order valence-corrected chi connectivity index (χ3v) is 2.25. The number of carbonyl (C=O) groups excluding carboxylic acids is 1. The first kappa shape index (κ1) is 14.1. The SMILES string of the molecule is COC(=O)C(C(C)=NCCCO)C(C)C. The number of carbonyl (C=O) groups is 1. The lowest BCUT2D eigenvalue weighted by atomic mass is 9.91. The highest BCUT2D eigenvalue weighted by atomic mass is 16.5. The zero-order valence-electron chi connectivity index (χ0n) is 9.99. The monoisotopic (exact) mass is 215 g/mol. The molecular formula is C11H21NO3. The summed E-state index contributed by atoms with van der Waals surface area (Å²) in [6.45, 7) is 6.45. The second-order valence-electron chi connectivity index (χ2n) is 3.85. The molecule has 0 aromatic carbocycles. The fourth-order valence-corrected chi connectivity index (χ4v) is 1.48. The fraction of sp³-hybridized carbons (Fsp3) is 0.818. The molecule has 0 rings (SSSR count). The molecule has 0 saturated heterocycles. The van der Waals surface area contributed by atoms with Crippen LogP contribution in [0.5, 0.6) is 0 Å². The van der Waals surface area contributed by atoms with Crippen molar-refractivity contribution >= 4 is 11.7 Å². The van der Waals surface area contributed by atoms with E-state index < -0.39 is 0 Å². The van der Waals surface area contributed by atoms with Crippen LogP contribution in [0.2, 0.25) is 0 Å². The Kier molecular flexibility index (Phi) is 6.96. The van der Waals surface area contributed by atoms with Crippen LogP contribution < -0.4 is 0 Å². The second kappa shape index (κ2) is 7.40. The number of aliphatic imine (C=N–C) groups is 1. The van der Waals surface area contributed by atoms with E-state index in [0.717, 1.165) is 5.71 Å². The van der Waals surface area contributed by atoms with E-state index in [2.05, 4.69) is 4.99 Å². The molecule has 0 spiro atoms. The Labute approximate surface area is 91.4 Å². The van der Waals surface area contributed by atoms with Crippen LogP contribution in [0.1, 0.15) is 27.2 Å². The van der Waals surface area contributed by atoms with Crippen molar-refractivity contribution in [3.63, 3.8) is 0 Å². The van der Waals surface area contributed by atoms with Crippen LogP contribution in [0.4, 0.5) is 0 Å². The van der Waals surface area contributed by atoms with Crippen LogP contribution in [0.25, 0.3) is 0 Å². The lowest BCUT2D eigenvalue weighted by Gasteiger charge is -2.18. The van der Waals surface area contributed by atoms with Gasteiger partial charge in [-0.15, -0.1) is 0 Å². The summed E-state index contributed by atoms with van der Waals surface area (Å²) in [5, 5.41) is 8.62. The predicted octanol–water partition coefficient (Wildman–Crippen LogP) is 1.27. The molecule has 88 valence electrons. The molecule has 0 heterocycles. The first-order valence-corrected chi connectivity index (χ1v) is 5.24. The average molecular weight is 215 g/mol. The van der Waals surface area contributed by atoms with Gasteiger partial charge in [0.25, 0.3) is 0 Å². The summed E-state index contributed by atoms with van der Waals surface area (Å²) in [5.74, 6) is -0.334. The molecule has 0 radical (unpaired) electrons. The molecule has 0 aliphatic heterocycles. The van der Waals surface area contributed by atoms with E-state index >= 15 is 0 Å². The van der Waals surface area contributed by atoms with Crippen molar-refractivity contribution in [2.45, 2.75) is 27.2 Å². The van der Waals surface area contributed by atoms with Crippen molar-refractivity contribution < 1.29 is 14.6 Å². The zero-order valence-corrected chi connectivity index (χ0v) is 9.99. The third-order valence-electron chi connectivity index (χ3n) is 2.25. The van der Waals surface area contributed by atoms with Gasteiger partial charge in [-0.25, -0.2) is 0 Å². The molecule has 1 N–H and O–H groups in total. The van der Waals surface area contributed by atoms with Crippen molar-refractivity contribution in [3.05, 3.63) is 0 Å². The maximum Gasteiger partial charge on any atom is 0.314 e. The Balaban J connectivity index is 4.48. The third kappa shape index (κ3) is 4.93. The second-order valence-corrected chi connectivity index (χ2v) is 3.85. The molecule has 15 heavy (non-hydrogen) atoms. The Morgan fingerprint density at radius 1 is 1.47 bits per heavy atom. The van der Waals surface area contributed by atoms with Crippen molar-refractivity contribution in [1.82, 2.24) is 0 Å². The van der Waals surface area contributed by atoms with Crippen LogP contribution >= 0.6 is 0 Å². The molecule has 4 nitrogen and oxygen atoms in total. The number of rotatable bonds is 6. The largest absolute Gasteiger partial charge is 0.469 e. The van der Waals surface area contributed by atoms with Crippen molar-refractivity contribution in [1.29, 1.82) is 0 Å².